The summed E-state index contributed by atoms with van der Waals surface area (Å²) in [6.45, 7) is 2.82. The Morgan fingerprint density at radius 2 is 1.62 bits per heavy atom. The van der Waals surface area contributed by atoms with Crippen LogP contribution < -0.4 is 5.32 Å². The zero-order valence-corrected chi connectivity index (χ0v) is 17.0. The van der Waals surface area contributed by atoms with Crippen LogP contribution in [0.15, 0.2) is 85.1 Å². The standard InChI is InChI=1S/C25H23ClN2O/c1-17(18-11-13-20(26)14-12-18)15-28-24(19-7-3-2-4-8-19)25(29)22-16-27-23-10-6-5-9-21(22)23/h2-14,16-17,24,27-28H,15H2,1H3/t17-,24-/m1/s1. The number of nitrogens with one attached hydrogen (secondary N) is 2. The van der Waals surface area contributed by atoms with Crippen LogP contribution in [-0.4, -0.2) is 17.3 Å². The first-order valence-electron chi connectivity index (χ1n) is 9.77. The highest BCUT2D eigenvalue weighted by Gasteiger charge is 2.24. The number of H-pyrrole nitrogens is 1. The maximum Gasteiger partial charge on any atom is 0.186 e. The van der Waals surface area contributed by atoms with Crippen LogP contribution in [0, 0.1) is 0 Å². The molecule has 0 saturated carbocycles. The van der Waals surface area contributed by atoms with E-state index in [0.29, 0.717) is 12.1 Å². The first-order valence-corrected chi connectivity index (χ1v) is 10.2. The minimum absolute atomic E-state index is 0.0666. The molecular weight excluding hydrogens is 380 g/mol. The lowest BCUT2D eigenvalue weighted by Gasteiger charge is -2.21. The van der Waals surface area contributed by atoms with E-state index in [1.807, 2.05) is 85.1 Å². The predicted octanol–water partition coefficient (Wildman–Crippen LogP) is 6.14. The monoisotopic (exact) mass is 402 g/mol. The summed E-state index contributed by atoms with van der Waals surface area (Å²) in [5.74, 6) is 0.311. The van der Waals surface area contributed by atoms with Gasteiger partial charge in [0.1, 0.15) is 0 Å². The molecule has 0 aliphatic heterocycles. The van der Waals surface area contributed by atoms with Gasteiger partial charge >= 0.3 is 0 Å². The minimum atomic E-state index is -0.412. The van der Waals surface area contributed by atoms with Crippen molar-refractivity contribution in [3.63, 3.8) is 0 Å². The number of fused-ring (bicyclic) bond motifs is 1. The van der Waals surface area contributed by atoms with Crippen molar-refractivity contribution >= 4 is 28.3 Å². The van der Waals surface area contributed by atoms with Crippen molar-refractivity contribution in [2.75, 3.05) is 6.54 Å². The van der Waals surface area contributed by atoms with Crippen LogP contribution in [0.25, 0.3) is 10.9 Å². The van der Waals surface area contributed by atoms with Crippen LogP contribution in [0.4, 0.5) is 0 Å². The molecule has 2 atom stereocenters. The van der Waals surface area contributed by atoms with Gasteiger partial charge < -0.3 is 10.3 Å². The average Bonchev–Trinajstić information content (AvgIpc) is 3.19. The number of ketones is 1. The Morgan fingerprint density at radius 1 is 0.931 bits per heavy atom. The molecule has 0 amide bonds. The molecular formula is C25H23ClN2O. The van der Waals surface area contributed by atoms with E-state index in [1.54, 1.807) is 0 Å². The Morgan fingerprint density at radius 3 is 2.38 bits per heavy atom. The molecule has 4 aromatic rings. The maximum absolute atomic E-state index is 13.5. The highest BCUT2D eigenvalue weighted by molar-refractivity contribution is 6.30. The van der Waals surface area contributed by atoms with E-state index in [9.17, 15) is 4.79 Å². The summed E-state index contributed by atoms with van der Waals surface area (Å²) in [5.41, 5.74) is 3.83. The molecule has 3 nitrogen and oxygen atoms in total. The molecule has 146 valence electrons. The van der Waals surface area contributed by atoms with Crippen LogP contribution >= 0.6 is 11.6 Å². The summed E-state index contributed by atoms with van der Waals surface area (Å²) in [7, 11) is 0. The summed E-state index contributed by atoms with van der Waals surface area (Å²) in [5, 5.41) is 5.18. The van der Waals surface area contributed by atoms with Crippen molar-refractivity contribution < 1.29 is 4.79 Å². The van der Waals surface area contributed by atoms with Gasteiger partial charge in [-0.15, -0.1) is 0 Å². The Balaban J connectivity index is 1.60. The highest BCUT2D eigenvalue weighted by Crippen LogP contribution is 2.26. The van der Waals surface area contributed by atoms with Crippen LogP contribution in [-0.2, 0) is 0 Å². The molecule has 0 bridgehead atoms. The van der Waals surface area contributed by atoms with Crippen LogP contribution in [0.5, 0.6) is 0 Å². The number of benzene rings is 3. The molecule has 4 rings (SSSR count). The molecule has 0 spiro atoms. The minimum Gasteiger partial charge on any atom is -0.360 e. The van der Waals surface area contributed by atoms with Crippen LogP contribution in [0.3, 0.4) is 0 Å². The SMILES string of the molecule is C[C@H](CN[C@@H](C(=O)c1c[nH]c2ccccc12)c1ccccc1)c1ccc(Cl)cc1. The number of aromatic amines is 1. The fourth-order valence-electron chi connectivity index (χ4n) is 3.64. The first-order chi connectivity index (χ1) is 14.1. The Kier molecular flexibility index (Phi) is 5.79. The lowest BCUT2D eigenvalue weighted by Crippen LogP contribution is -2.31. The molecule has 1 heterocycles. The third-order valence-electron chi connectivity index (χ3n) is 5.32. The second kappa shape index (κ2) is 8.64. The number of carbonyl (C=O) groups excluding carboxylic acids is 1. The number of rotatable bonds is 7. The van der Waals surface area contributed by atoms with Gasteiger partial charge in [-0.2, -0.15) is 0 Å². The normalized spacial score (nSPS) is 13.3. The third-order valence-corrected chi connectivity index (χ3v) is 5.57. The molecule has 0 radical (unpaired) electrons. The Bertz CT molecular complexity index is 1100. The average molecular weight is 403 g/mol. The van der Waals surface area contributed by atoms with E-state index in [-0.39, 0.29) is 11.7 Å². The fourth-order valence-corrected chi connectivity index (χ4v) is 3.77. The summed E-state index contributed by atoms with van der Waals surface area (Å²) in [6.07, 6.45) is 1.81. The number of hydrogen-bond acceptors (Lipinski definition) is 2. The second-order valence-corrected chi connectivity index (χ2v) is 7.75. The summed E-state index contributed by atoms with van der Waals surface area (Å²) in [4.78, 5) is 16.7. The number of hydrogen-bond donors (Lipinski definition) is 2. The molecule has 3 aromatic carbocycles. The summed E-state index contributed by atoms with van der Waals surface area (Å²) < 4.78 is 0. The highest BCUT2D eigenvalue weighted by atomic mass is 35.5. The number of carbonyl (C=O) groups is 1. The van der Waals surface area contributed by atoms with Gasteiger partial charge in [-0.3, -0.25) is 4.79 Å². The molecule has 29 heavy (non-hydrogen) atoms. The summed E-state index contributed by atoms with van der Waals surface area (Å²) in [6, 6.07) is 25.3. The van der Waals surface area contributed by atoms with Gasteiger partial charge in [-0.05, 0) is 35.2 Å². The number of halogens is 1. The fraction of sp³-hybridized carbons (Fsp3) is 0.160. The Labute approximate surface area is 175 Å². The molecule has 4 heteroatoms. The second-order valence-electron chi connectivity index (χ2n) is 7.32. The van der Waals surface area contributed by atoms with Crippen molar-refractivity contribution in [2.45, 2.75) is 18.9 Å². The van der Waals surface area contributed by atoms with Crippen LogP contribution in [0.1, 0.15) is 40.4 Å². The topological polar surface area (TPSA) is 44.9 Å². The van der Waals surface area contributed by atoms with Crippen LogP contribution in [0.2, 0.25) is 5.02 Å². The van der Waals surface area contributed by atoms with Gasteiger partial charge in [0.05, 0.1) is 6.04 Å². The van der Waals surface area contributed by atoms with Gasteiger partial charge in [0, 0.05) is 34.2 Å². The van der Waals surface area contributed by atoms with E-state index in [4.69, 9.17) is 11.6 Å². The van der Waals surface area contributed by atoms with Gasteiger partial charge in [0.15, 0.2) is 5.78 Å². The van der Waals surface area contributed by atoms with E-state index in [2.05, 4.69) is 17.2 Å². The van der Waals surface area contributed by atoms with E-state index in [1.165, 1.54) is 5.56 Å². The zero-order chi connectivity index (χ0) is 20.2. The largest absolute Gasteiger partial charge is 0.360 e. The molecule has 0 saturated heterocycles. The van der Waals surface area contributed by atoms with Gasteiger partial charge in [0.25, 0.3) is 0 Å². The number of aromatic nitrogens is 1. The number of para-hydroxylation sites is 1. The Hall–Kier alpha value is -2.88. The predicted molar refractivity (Wildman–Crippen MR) is 120 cm³/mol. The lowest BCUT2D eigenvalue weighted by molar-refractivity contribution is 0.0944. The molecule has 0 aliphatic carbocycles. The van der Waals surface area contributed by atoms with Gasteiger partial charge in [0.2, 0.25) is 0 Å². The quantitative estimate of drug-likeness (QED) is 0.365. The maximum atomic E-state index is 13.5. The summed E-state index contributed by atoms with van der Waals surface area (Å²) >= 11 is 6.01. The molecule has 1 aromatic heterocycles. The van der Waals surface area contributed by atoms with Gasteiger partial charge in [-0.25, -0.2) is 0 Å². The van der Waals surface area contributed by atoms with Crippen molar-refractivity contribution in [2.24, 2.45) is 0 Å². The number of Topliss-reactive ketones (excluding diaryl/α,β-unsaturated/α-hetero) is 1. The molecule has 0 unspecified atom stereocenters. The van der Waals surface area contributed by atoms with Crippen molar-refractivity contribution in [3.05, 3.63) is 107 Å². The van der Waals surface area contributed by atoms with E-state index in [0.717, 1.165) is 21.5 Å². The lowest BCUT2D eigenvalue weighted by atomic mass is 9.95. The third kappa shape index (κ3) is 4.26. The van der Waals surface area contributed by atoms with E-state index < -0.39 is 6.04 Å². The molecule has 0 fully saturated rings. The molecule has 0 aliphatic rings. The zero-order valence-electron chi connectivity index (χ0n) is 16.2. The van der Waals surface area contributed by atoms with Crippen molar-refractivity contribution in [1.82, 2.24) is 10.3 Å². The van der Waals surface area contributed by atoms with Crippen molar-refractivity contribution in [1.29, 1.82) is 0 Å². The van der Waals surface area contributed by atoms with Crippen molar-refractivity contribution in [3.8, 4) is 0 Å². The van der Waals surface area contributed by atoms with Gasteiger partial charge in [-0.1, -0.05) is 79.2 Å². The smallest absolute Gasteiger partial charge is 0.186 e. The van der Waals surface area contributed by atoms with E-state index >= 15 is 0 Å². The first kappa shape index (κ1) is 19.4. The molecule has 2 N–H and O–H groups in total.